The molecule has 2 rings (SSSR count). The van der Waals surface area contributed by atoms with E-state index in [1.165, 1.54) is 31.5 Å². The number of likely N-dealkylation sites (tertiary alicyclic amines) is 1. The molecule has 1 aliphatic heterocycles. The van der Waals surface area contributed by atoms with Crippen molar-refractivity contribution in [1.82, 2.24) is 4.90 Å². The highest BCUT2D eigenvalue weighted by atomic mass is 79.9. The number of benzene rings is 1. The van der Waals surface area contributed by atoms with Gasteiger partial charge in [-0.2, -0.15) is 0 Å². The van der Waals surface area contributed by atoms with Gasteiger partial charge in [-0.15, -0.1) is 0 Å². The van der Waals surface area contributed by atoms with E-state index in [0.29, 0.717) is 5.92 Å². The number of hydrogen-bond donors (Lipinski definition) is 1. The van der Waals surface area contributed by atoms with Gasteiger partial charge in [0.2, 0.25) is 0 Å². The Balaban J connectivity index is 2.16. The predicted octanol–water partition coefficient (Wildman–Crippen LogP) is 3.31. The molecule has 0 spiro atoms. The monoisotopic (exact) mass is 297 g/mol. The first kappa shape index (κ1) is 13.1. The van der Waals surface area contributed by atoms with Gasteiger partial charge in [-0.25, -0.2) is 0 Å². The maximum atomic E-state index is 9.56. The third-order valence-corrected chi connectivity index (χ3v) is 4.35. The second-order valence-corrected chi connectivity index (χ2v) is 5.89. The van der Waals surface area contributed by atoms with Crippen LogP contribution in [0.4, 0.5) is 0 Å². The first-order valence-corrected chi connectivity index (χ1v) is 7.03. The summed E-state index contributed by atoms with van der Waals surface area (Å²) < 4.78 is 1.14. The predicted molar refractivity (Wildman–Crippen MR) is 74.2 cm³/mol. The number of hydrogen-bond acceptors (Lipinski definition) is 2. The molecule has 0 radical (unpaired) electrons. The van der Waals surface area contributed by atoms with Crippen LogP contribution in [0.1, 0.15) is 42.9 Å². The third-order valence-electron chi connectivity index (χ3n) is 3.67. The van der Waals surface area contributed by atoms with Crippen LogP contribution in [0.5, 0.6) is 0 Å². The van der Waals surface area contributed by atoms with Crippen LogP contribution in [-0.4, -0.2) is 30.1 Å². The number of nitrogens with zero attached hydrogens (tertiary/aromatic N) is 1. The Labute approximate surface area is 112 Å². The number of aliphatic hydroxyl groups is 1. The number of aliphatic hydroxyl groups excluding tert-OH is 1. The molecule has 17 heavy (non-hydrogen) atoms. The summed E-state index contributed by atoms with van der Waals surface area (Å²) >= 11 is 3.64. The first-order chi connectivity index (χ1) is 8.08. The lowest BCUT2D eigenvalue weighted by Gasteiger charge is -2.30. The summed E-state index contributed by atoms with van der Waals surface area (Å²) in [6, 6.07) is 6.27. The summed E-state index contributed by atoms with van der Waals surface area (Å²) in [5.41, 5.74) is 2.37. The van der Waals surface area contributed by atoms with Crippen LogP contribution in [0.2, 0.25) is 0 Å². The Morgan fingerprint density at radius 3 is 2.53 bits per heavy atom. The first-order valence-electron chi connectivity index (χ1n) is 6.24. The lowest BCUT2D eigenvalue weighted by atomic mass is 9.89. The summed E-state index contributed by atoms with van der Waals surface area (Å²) in [5, 5.41) is 9.56. The molecule has 0 amide bonds. The van der Waals surface area contributed by atoms with Crippen LogP contribution in [-0.2, 0) is 0 Å². The highest BCUT2D eigenvalue weighted by Gasteiger charge is 2.20. The van der Waals surface area contributed by atoms with E-state index >= 15 is 0 Å². The van der Waals surface area contributed by atoms with E-state index in [1.54, 1.807) is 6.92 Å². The SMILES string of the molecule is CC(O)c1ccc(C2CCN(C)CC2)c(Br)c1. The summed E-state index contributed by atoms with van der Waals surface area (Å²) in [5.74, 6) is 0.656. The van der Waals surface area contributed by atoms with Crippen LogP contribution in [0, 0.1) is 0 Å². The largest absolute Gasteiger partial charge is 0.389 e. The van der Waals surface area contributed by atoms with Gasteiger partial charge in [0.1, 0.15) is 0 Å². The minimum Gasteiger partial charge on any atom is -0.389 e. The molecule has 1 saturated heterocycles. The van der Waals surface area contributed by atoms with Gasteiger partial charge in [-0.05, 0) is 63.0 Å². The quantitative estimate of drug-likeness (QED) is 0.905. The molecular weight excluding hydrogens is 278 g/mol. The normalized spacial score (nSPS) is 20.5. The van der Waals surface area contributed by atoms with E-state index < -0.39 is 6.10 Å². The van der Waals surface area contributed by atoms with Gasteiger partial charge in [0, 0.05) is 4.47 Å². The molecular formula is C14H20BrNO. The lowest BCUT2D eigenvalue weighted by molar-refractivity contribution is 0.199. The molecule has 1 N–H and O–H groups in total. The van der Waals surface area contributed by atoms with Crippen molar-refractivity contribution in [3.63, 3.8) is 0 Å². The molecule has 1 fully saturated rings. The van der Waals surface area contributed by atoms with Crippen LogP contribution in [0.25, 0.3) is 0 Å². The lowest BCUT2D eigenvalue weighted by Crippen LogP contribution is -2.29. The van der Waals surface area contributed by atoms with Crippen LogP contribution < -0.4 is 0 Å². The van der Waals surface area contributed by atoms with Crippen molar-refractivity contribution in [3.8, 4) is 0 Å². The second-order valence-electron chi connectivity index (χ2n) is 5.03. The fourth-order valence-electron chi connectivity index (χ4n) is 2.45. The zero-order valence-electron chi connectivity index (χ0n) is 10.5. The standard InChI is InChI=1S/C14H20BrNO/c1-10(17)12-3-4-13(14(15)9-12)11-5-7-16(2)8-6-11/h3-4,9-11,17H,5-8H2,1-2H3. The maximum Gasteiger partial charge on any atom is 0.0762 e. The van der Waals surface area contributed by atoms with Gasteiger partial charge in [0.15, 0.2) is 0 Å². The van der Waals surface area contributed by atoms with E-state index in [9.17, 15) is 5.11 Å². The average Bonchev–Trinajstić information content (AvgIpc) is 2.30. The van der Waals surface area contributed by atoms with Crippen molar-refractivity contribution in [1.29, 1.82) is 0 Å². The molecule has 0 aliphatic carbocycles. The van der Waals surface area contributed by atoms with E-state index in [4.69, 9.17) is 0 Å². The van der Waals surface area contributed by atoms with Gasteiger partial charge in [0.05, 0.1) is 6.10 Å². The summed E-state index contributed by atoms with van der Waals surface area (Å²) in [4.78, 5) is 2.38. The van der Waals surface area contributed by atoms with Gasteiger partial charge in [-0.1, -0.05) is 28.1 Å². The molecule has 94 valence electrons. The highest BCUT2D eigenvalue weighted by molar-refractivity contribution is 9.10. The third kappa shape index (κ3) is 3.09. The Morgan fingerprint density at radius 2 is 2.00 bits per heavy atom. The molecule has 2 nitrogen and oxygen atoms in total. The van der Waals surface area contributed by atoms with Gasteiger partial charge < -0.3 is 10.0 Å². The smallest absolute Gasteiger partial charge is 0.0762 e. The average molecular weight is 298 g/mol. The zero-order chi connectivity index (χ0) is 12.4. The highest BCUT2D eigenvalue weighted by Crippen LogP contribution is 2.34. The number of halogens is 1. The van der Waals surface area contributed by atoms with E-state index in [-0.39, 0.29) is 0 Å². The molecule has 0 saturated carbocycles. The van der Waals surface area contributed by atoms with Crippen molar-refractivity contribution in [3.05, 3.63) is 33.8 Å². The van der Waals surface area contributed by atoms with Gasteiger partial charge >= 0.3 is 0 Å². The molecule has 1 aromatic carbocycles. The van der Waals surface area contributed by atoms with Crippen molar-refractivity contribution in [2.75, 3.05) is 20.1 Å². The number of piperidine rings is 1. The summed E-state index contributed by atoms with van der Waals surface area (Å²) in [6.07, 6.45) is 2.06. The molecule has 1 aromatic rings. The minimum atomic E-state index is -0.391. The summed E-state index contributed by atoms with van der Waals surface area (Å²) in [6.45, 7) is 4.15. The topological polar surface area (TPSA) is 23.5 Å². The Hall–Kier alpha value is -0.380. The van der Waals surface area contributed by atoms with Crippen molar-refractivity contribution >= 4 is 15.9 Å². The molecule has 0 aromatic heterocycles. The maximum absolute atomic E-state index is 9.56. The van der Waals surface area contributed by atoms with E-state index in [2.05, 4.69) is 40.0 Å². The molecule has 1 unspecified atom stereocenters. The molecule has 0 bridgehead atoms. The van der Waals surface area contributed by atoms with Crippen LogP contribution in [0.3, 0.4) is 0 Å². The van der Waals surface area contributed by atoms with Crippen molar-refractivity contribution in [2.24, 2.45) is 0 Å². The van der Waals surface area contributed by atoms with Gasteiger partial charge in [-0.3, -0.25) is 0 Å². The molecule has 1 heterocycles. The Morgan fingerprint density at radius 1 is 1.35 bits per heavy atom. The Bertz CT molecular complexity index is 384. The van der Waals surface area contributed by atoms with Crippen molar-refractivity contribution in [2.45, 2.75) is 31.8 Å². The van der Waals surface area contributed by atoms with Gasteiger partial charge in [0.25, 0.3) is 0 Å². The Kier molecular flexibility index (Phi) is 4.23. The molecule has 1 aliphatic rings. The van der Waals surface area contributed by atoms with Crippen LogP contribution >= 0.6 is 15.9 Å². The van der Waals surface area contributed by atoms with E-state index in [1.807, 2.05) is 6.07 Å². The second kappa shape index (κ2) is 5.51. The molecule has 3 heteroatoms. The number of rotatable bonds is 2. The van der Waals surface area contributed by atoms with Crippen molar-refractivity contribution < 1.29 is 5.11 Å². The zero-order valence-corrected chi connectivity index (χ0v) is 12.1. The fraction of sp³-hybridized carbons (Fsp3) is 0.571. The van der Waals surface area contributed by atoms with Crippen LogP contribution in [0.15, 0.2) is 22.7 Å². The summed E-state index contributed by atoms with van der Waals surface area (Å²) in [7, 11) is 2.18. The fourth-order valence-corrected chi connectivity index (χ4v) is 3.17. The van der Waals surface area contributed by atoms with E-state index in [0.717, 1.165) is 10.0 Å². The minimum absolute atomic E-state index is 0.391. The molecule has 1 atom stereocenters.